The summed E-state index contributed by atoms with van der Waals surface area (Å²) in [5, 5.41) is 0. The number of benzene rings is 1. The fraction of sp³-hybridized carbons (Fsp3) is 0.739. The van der Waals surface area contributed by atoms with Crippen LogP contribution in [0.4, 0.5) is 0 Å². The Bertz CT molecular complexity index is 715. The average Bonchev–Trinajstić information content (AvgIpc) is 3.28. The zero-order chi connectivity index (χ0) is 21.5. The maximum atomic E-state index is 6.32. The second-order valence-electron chi connectivity index (χ2n) is 9.56. The molecule has 0 spiro atoms. The molecule has 0 bridgehead atoms. The maximum Gasteiger partial charge on any atom is 0.190 e. The van der Waals surface area contributed by atoms with Crippen LogP contribution in [0.3, 0.4) is 0 Å². The highest BCUT2D eigenvalue weighted by Crippen LogP contribution is 2.42. The van der Waals surface area contributed by atoms with E-state index < -0.39 is 17.9 Å². The lowest BCUT2D eigenvalue weighted by molar-refractivity contribution is -0.236. The molecule has 0 amide bonds. The Morgan fingerprint density at radius 2 is 1.70 bits per heavy atom. The minimum atomic E-state index is -0.705. The molecule has 0 N–H and O–H groups in total. The Kier molecular flexibility index (Phi) is 6.14. The van der Waals surface area contributed by atoms with Gasteiger partial charge in [0.15, 0.2) is 17.9 Å². The molecule has 3 saturated heterocycles. The van der Waals surface area contributed by atoms with E-state index in [1.807, 2.05) is 52.0 Å². The van der Waals surface area contributed by atoms with Crippen molar-refractivity contribution in [3.8, 4) is 5.75 Å². The minimum Gasteiger partial charge on any atom is -0.493 e. The lowest BCUT2D eigenvalue weighted by Crippen LogP contribution is -2.44. The van der Waals surface area contributed by atoms with Crippen molar-refractivity contribution in [1.29, 1.82) is 0 Å². The molecule has 5 atom stereocenters. The molecule has 0 unspecified atom stereocenters. The highest BCUT2D eigenvalue weighted by Gasteiger charge is 2.58. The van der Waals surface area contributed by atoms with Crippen molar-refractivity contribution < 1.29 is 33.2 Å². The molecule has 0 radical (unpaired) electrons. The van der Waals surface area contributed by atoms with E-state index in [9.17, 15) is 0 Å². The summed E-state index contributed by atoms with van der Waals surface area (Å²) in [5.41, 5.74) is 1.05. The van der Waals surface area contributed by atoms with E-state index in [1.165, 1.54) is 0 Å². The highest BCUT2D eigenvalue weighted by atomic mass is 16.8. The molecule has 7 nitrogen and oxygen atoms in total. The average molecular weight is 423 g/mol. The fourth-order valence-corrected chi connectivity index (χ4v) is 4.01. The van der Waals surface area contributed by atoms with Crippen LogP contribution in [0.1, 0.15) is 47.1 Å². The van der Waals surface area contributed by atoms with E-state index in [-0.39, 0.29) is 24.4 Å². The van der Waals surface area contributed by atoms with Crippen molar-refractivity contribution in [1.82, 2.24) is 0 Å². The lowest BCUT2D eigenvalue weighted by atomic mass is 10.1. The smallest absolute Gasteiger partial charge is 0.190 e. The Morgan fingerprint density at radius 3 is 2.33 bits per heavy atom. The summed E-state index contributed by atoms with van der Waals surface area (Å²) in [7, 11) is 0. The van der Waals surface area contributed by atoms with Gasteiger partial charge in [0.1, 0.15) is 30.2 Å². The first-order chi connectivity index (χ1) is 14.1. The van der Waals surface area contributed by atoms with Crippen molar-refractivity contribution in [2.24, 2.45) is 5.92 Å². The Hall–Kier alpha value is -1.22. The molecule has 7 heteroatoms. The summed E-state index contributed by atoms with van der Waals surface area (Å²) in [6, 6.07) is 7.99. The van der Waals surface area contributed by atoms with Crippen molar-refractivity contribution in [2.45, 2.75) is 90.4 Å². The van der Waals surface area contributed by atoms with Gasteiger partial charge in [0.25, 0.3) is 0 Å². The molecule has 0 saturated carbocycles. The van der Waals surface area contributed by atoms with Crippen LogP contribution in [0.15, 0.2) is 24.3 Å². The topological polar surface area (TPSA) is 64.6 Å². The third-order valence-electron chi connectivity index (χ3n) is 5.37. The molecule has 3 aliphatic heterocycles. The van der Waals surface area contributed by atoms with E-state index in [2.05, 4.69) is 13.8 Å². The first-order valence-corrected chi connectivity index (χ1v) is 10.8. The number of hydrogen-bond acceptors (Lipinski definition) is 7. The fourth-order valence-electron chi connectivity index (χ4n) is 4.01. The van der Waals surface area contributed by atoms with Crippen LogP contribution in [-0.4, -0.2) is 55.5 Å². The third-order valence-corrected chi connectivity index (χ3v) is 5.37. The van der Waals surface area contributed by atoms with Crippen LogP contribution in [0, 0.1) is 5.92 Å². The molecule has 1 aromatic carbocycles. The van der Waals surface area contributed by atoms with Gasteiger partial charge in [-0.15, -0.1) is 0 Å². The van der Waals surface area contributed by atoms with Crippen LogP contribution >= 0.6 is 0 Å². The summed E-state index contributed by atoms with van der Waals surface area (Å²) in [5.74, 6) is 0.0136. The second kappa shape index (κ2) is 8.37. The van der Waals surface area contributed by atoms with Gasteiger partial charge in [-0.1, -0.05) is 26.0 Å². The summed E-state index contributed by atoms with van der Waals surface area (Å²) < 4.78 is 42.1. The van der Waals surface area contributed by atoms with E-state index in [4.69, 9.17) is 33.2 Å². The van der Waals surface area contributed by atoms with Crippen molar-refractivity contribution in [2.75, 3.05) is 13.2 Å². The predicted octanol–water partition coefficient (Wildman–Crippen LogP) is 3.63. The van der Waals surface area contributed by atoms with Crippen LogP contribution in [0.25, 0.3) is 0 Å². The zero-order valence-electron chi connectivity index (χ0n) is 18.8. The van der Waals surface area contributed by atoms with Gasteiger partial charge in [0, 0.05) is 0 Å². The van der Waals surface area contributed by atoms with Crippen molar-refractivity contribution >= 4 is 0 Å². The van der Waals surface area contributed by atoms with Gasteiger partial charge in [0.05, 0.1) is 19.8 Å². The molecule has 3 aliphatic rings. The van der Waals surface area contributed by atoms with Gasteiger partial charge < -0.3 is 33.2 Å². The maximum absolute atomic E-state index is 6.32. The first-order valence-electron chi connectivity index (χ1n) is 10.8. The van der Waals surface area contributed by atoms with Crippen LogP contribution in [-0.2, 0) is 35.0 Å². The van der Waals surface area contributed by atoms with E-state index in [0.717, 1.165) is 11.3 Å². The molecule has 1 aromatic rings. The lowest BCUT2D eigenvalue weighted by Gasteiger charge is -2.29. The Morgan fingerprint density at radius 1 is 0.967 bits per heavy atom. The molecular formula is C23H34O7. The largest absolute Gasteiger partial charge is 0.493 e. The SMILES string of the molecule is CC(C)COc1ccc(CO[C@@H]2[C@H]([C@@H]3COC(C)(C)O3)O[C@H]3OC(C)(C)O[C@@H]32)cc1. The number of rotatable bonds is 7. The third kappa shape index (κ3) is 4.98. The molecular weight excluding hydrogens is 388 g/mol. The minimum absolute atomic E-state index is 0.238. The molecule has 168 valence electrons. The standard InChI is InChI=1S/C23H34O7/c1-14(2)11-24-16-9-7-15(8-10-16)12-25-19-18(17-13-26-22(3,4)28-17)27-21-20(19)29-23(5,6)30-21/h7-10,14,17-21H,11-13H2,1-6H3/t17-,18-,19+,20+,21-/m0/s1. The predicted molar refractivity (Wildman–Crippen MR) is 109 cm³/mol. The number of hydrogen-bond donors (Lipinski definition) is 0. The molecule has 0 aromatic heterocycles. The van der Waals surface area contributed by atoms with Crippen LogP contribution in [0.5, 0.6) is 5.75 Å². The highest BCUT2D eigenvalue weighted by molar-refractivity contribution is 5.27. The number of ether oxygens (including phenoxy) is 7. The summed E-state index contributed by atoms with van der Waals surface area (Å²) in [6.07, 6.45) is -1.68. The van der Waals surface area contributed by atoms with Crippen molar-refractivity contribution in [3.63, 3.8) is 0 Å². The van der Waals surface area contributed by atoms with Crippen molar-refractivity contribution in [3.05, 3.63) is 29.8 Å². The second-order valence-corrected chi connectivity index (χ2v) is 9.56. The Labute approximate surface area is 178 Å². The molecule has 0 aliphatic carbocycles. The van der Waals surface area contributed by atoms with Crippen LogP contribution < -0.4 is 4.74 Å². The van der Waals surface area contributed by atoms with Gasteiger partial charge in [-0.25, -0.2) is 0 Å². The van der Waals surface area contributed by atoms with E-state index >= 15 is 0 Å². The Balaban J connectivity index is 1.41. The number of fused-ring (bicyclic) bond motifs is 1. The molecule has 3 fully saturated rings. The molecule has 3 heterocycles. The normalized spacial score (nSPS) is 34.4. The van der Waals surface area contributed by atoms with E-state index in [0.29, 0.717) is 25.7 Å². The molecule has 30 heavy (non-hydrogen) atoms. The van der Waals surface area contributed by atoms with E-state index in [1.54, 1.807) is 0 Å². The van der Waals surface area contributed by atoms with Gasteiger partial charge in [-0.2, -0.15) is 0 Å². The summed E-state index contributed by atoms with van der Waals surface area (Å²) in [4.78, 5) is 0. The monoisotopic (exact) mass is 422 g/mol. The zero-order valence-corrected chi connectivity index (χ0v) is 18.8. The van der Waals surface area contributed by atoms with Gasteiger partial charge in [-0.05, 0) is 51.3 Å². The van der Waals surface area contributed by atoms with Crippen LogP contribution in [0.2, 0.25) is 0 Å². The summed E-state index contributed by atoms with van der Waals surface area (Å²) >= 11 is 0. The van der Waals surface area contributed by atoms with Gasteiger partial charge >= 0.3 is 0 Å². The molecule has 4 rings (SSSR count). The van der Waals surface area contributed by atoms with Gasteiger partial charge in [0.2, 0.25) is 0 Å². The quantitative estimate of drug-likeness (QED) is 0.665. The first kappa shape index (κ1) is 22.0. The van der Waals surface area contributed by atoms with Gasteiger partial charge in [-0.3, -0.25) is 0 Å². The summed E-state index contributed by atoms with van der Waals surface area (Å²) in [6.45, 7) is 13.4.